The van der Waals surface area contributed by atoms with E-state index < -0.39 is 0 Å². The van der Waals surface area contributed by atoms with E-state index in [4.69, 9.17) is 9.47 Å². The number of ether oxygens (including phenoxy) is 2. The summed E-state index contributed by atoms with van der Waals surface area (Å²) in [6.45, 7) is 11.1. The van der Waals surface area contributed by atoms with Crippen molar-refractivity contribution in [2.24, 2.45) is 0 Å². The summed E-state index contributed by atoms with van der Waals surface area (Å²) in [5, 5.41) is 0. The number of hydrogen-bond donors (Lipinski definition) is 0. The molecule has 0 saturated carbocycles. The Balaban J connectivity index is 0.000000330. The van der Waals surface area contributed by atoms with Gasteiger partial charge in [0.1, 0.15) is 11.5 Å². The van der Waals surface area contributed by atoms with Crippen molar-refractivity contribution >= 4 is 6.08 Å². The van der Waals surface area contributed by atoms with Crippen molar-refractivity contribution in [3.63, 3.8) is 0 Å². The smallest absolute Gasteiger partial charge is 0.118 e. The quantitative estimate of drug-likeness (QED) is 0.685. The maximum atomic E-state index is 4.98. The van der Waals surface area contributed by atoms with Crippen LogP contribution in [0.25, 0.3) is 6.08 Å². The Morgan fingerprint density at radius 3 is 1.55 bits per heavy atom. The van der Waals surface area contributed by atoms with Crippen LogP contribution in [0.15, 0.2) is 73.3 Å². The molecule has 2 heteroatoms. The van der Waals surface area contributed by atoms with Crippen molar-refractivity contribution in [3.05, 3.63) is 78.9 Å². The van der Waals surface area contributed by atoms with Gasteiger partial charge in [-0.3, -0.25) is 0 Å². The lowest BCUT2D eigenvalue weighted by molar-refractivity contribution is 0.414. The Hall–Kier alpha value is -2.48. The van der Waals surface area contributed by atoms with Crippen LogP contribution in [0.1, 0.15) is 19.4 Å². The highest BCUT2D eigenvalue weighted by Crippen LogP contribution is 2.11. The Kier molecular flexibility index (Phi) is 10.9. The van der Waals surface area contributed by atoms with Crippen LogP contribution >= 0.6 is 0 Å². The largest absolute Gasteiger partial charge is 0.497 e. The highest BCUT2D eigenvalue weighted by atomic mass is 16.5. The molecule has 0 N–H and O–H groups in total. The van der Waals surface area contributed by atoms with E-state index in [2.05, 4.69) is 13.2 Å². The van der Waals surface area contributed by atoms with E-state index in [-0.39, 0.29) is 0 Å². The highest BCUT2D eigenvalue weighted by molar-refractivity contribution is 5.48. The molecule has 0 amide bonds. The molecule has 2 rings (SSSR count). The van der Waals surface area contributed by atoms with E-state index in [0.717, 1.165) is 17.1 Å². The van der Waals surface area contributed by atoms with Crippen molar-refractivity contribution in [1.29, 1.82) is 0 Å². The Morgan fingerprint density at radius 1 is 0.818 bits per heavy atom. The first-order valence-electron chi connectivity index (χ1n) is 7.01. The number of benzene rings is 2. The molecule has 0 spiro atoms. The lowest BCUT2D eigenvalue weighted by Crippen LogP contribution is -1.80. The fourth-order valence-electron chi connectivity index (χ4n) is 1.30. The molecule has 0 unspecified atom stereocenters. The van der Waals surface area contributed by atoms with Gasteiger partial charge in [-0.05, 0) is 43.7 Å². The zero-order chi connectivity index (χ0) is 16.8. The fraction of sp³-hybridized carbons (Fsp3) is 0.200. The zero-order valence-electron chi connectivity index (χ0n) is 14.0. The molecule has 118 valence electrons. The van der Waals surface area contributed by atoms with Crippen LogP contribution in [0.5, 0.6) is 11.5 Å². The van der Waals surface area contributed by atoms with E-state index in [0.29, 0.717) is 0 Å². The summed E-state index contributed by atoms with van der Waals surface area (Å²) >= 11 is 0. The first-order valence-corrected chi connectivity index (χ1v) is 7.01. The predicted octanol–water partition coefficient (Wildman–Crippen LogP) is 5.62. The molecule has 0 radical (unpaired) electrons. The van der Waals surface area contributed by atoms with Crippen molar-refractivity contribution in [3.8, 4) is 11.5 Å². The predicted molar refractivity (Wildman–Crippen MR) is 96.6 cm³/mol. The number of hydrogen-bond acceptors (Lipinski definition) is 2. The number of para-hydroxylation sites is 1. The second-order valence-electron chi connectivity index (χ2n) is 4.70. The summed E-state index contributed by atoms with van der Waals surface area (Å²) in [7, 11) is 3.32. The monoisotopic (exact) mass is 298 g/mol. The van der Waals surface area contributed by atoms with Crippen LogP contribution in [0, 0.1) is 0 Å². The molecular formula is C20H26O2. The average molecular weight is 298 g/mol. The van der Waals surface area contributed by atoms with Crippen molar-refractivity contribution in [1.82, 2.24) is 0 Å². The lowest BCUT2D eigenvalue weighted by Gasteiger charge is -1.97. The second kappa shape index (κ2) is 12.3. The molecule has 0 aliphatic carbocycles. The number of rotatable bonds is 3. The number of methoxy groups -OCH3 is 2. The maximum absolute atomic E-state index is 4.98. The Labute approximate surface area is 134 Å². The standard InChI is InChI=1S/C9H10O.C7H8O.C4H8/c1-3-8-4-6-9(10-2)7-5-8;1-8-7-5-3-2-4-6-7;1-4(2)3/h3-7H,1H2,2H3;2-6H,1H3;1H2,2-3H3. The molecular weight excluding hydrogens is 272 g/mol. The molecule has 0 aromatic heterocycles. The summed E-state index contributed by atoms with van der Waals surface area (Å²) in [4.78, 5) is 0. The molecule has 0 heterocycles. The summed E-state index contributed by atoms with van der Waals surface area (Å²) in [5.74, 6) is 1.79. The fourth-order valence-corrected chi connectivity index (χ4v) is 1.30. The van der Waals surface area contributed by atoms with E-state index in [1.165, 1.54) is 5.57 Å². The van der Waals surface area contributed by atoms with Crippen molar-refractivity contribution in [2.75, 3.05) is 14.2 Å². The van der Waals surface area contributed by atoms with Crippen LogP contribution in [-0.4, -0.2) is 14.2 Å². The average Bonchev–Trinajstić information content (AvgIpc) is 2.56. The number of allylic oxidation sites excluding steroid dienone is 1. The van der Waals surface area contributed by atoms with Crippen molar-refractivity contribution < 1.29 is 9.47 Å². The van der Waals surface area contributed by atoms with Gasteiger partial charge in [0.05, 0.1) is 14.2 Å². The molecule has 2 aromatic rings. The van der Waals surface area contributed by atoms with E-state index >= 15 is 0 Å². The molecule has 0 atom stereocenters. The molecule has 0 fully saturated rings. The van der Waals surface area contributed by atoms with Gasteiger partial charge in [0.15, 0.2) is 0 Å². The van der Waals surface area contributed by atoms with Gasteiger partial charge in [-0.1, -0.05) is 48.6 Å². The first-order chi connectivity index (χ1) is 10.5. The summed E-state index contributed by atoms with van der Waals surface area (Å²) in [6.07, 6.45) is 1.80. The van der Waals surface area contributed by atoms with Crippen LogP contribution in [0.3, 0.4) is 0 Å². The van der Waals surface area contributed by atoms with Crippen molar-refractivity contribution in [2.45, 2.75) is 13.8 Å². The van der Waals surface area contributed by atoms with Crippen LogP contribution in [-0.2, 0) is 0 Å². The third-order valence-electron chi connectivity index (χ3n) is 2.33. The van der Waals surface area contributed by atoms with E-state index in [1.807, 2.05) is 68.4 Å². The van der Waals surface area contributed by atoms with Gasteiger partial charge in [0.2, 0.25) is 0 Å². The molecule has 2 aromatic carbocycles. The molecule has 0 bridgehead atoms. The first kappa shape index (κ1) is 19.5. The third kappa shape index (κ3) is 10.3. The van der Waals surface area contributed by atoms with Gasteiger partial charge in [0, 0.05) is 0 Å². The minimum Gasteiger partial charge on any atom is -0.497 e. The minimum atomic E-state index is 0.880. The zero-order valence-corrected chi connectivity index (χ0v) is 14.0. The van der Waals surface area contributed by atoms with Gasteiger partial charge in [-0.15, -0.1) is 6.58 Å². The second-order valence-corrected chi connectivity index (χ2v) is 4.70. The Morgan fingerprint density at radius 2 is 1.23 bits per heavy atom. The van der Waals surface area contributed by atoms with E-state index in [9.17, 15) is 0 Å². The molecule has 22 heavy (non-hydrogen) atoms. The molecule has 0 aliphatic heterocycles. The van der Waals surface area contributed by atoms with Crippen LogP contribution in [0.2, 0.25) is 0 Å². The summed E-state index contributed by atoms with van der Waals surface area (Å²) in [6, 6.07) is 17.4. The maximum Gasteiger partial charge on any atom is 0.118 e. The van der Waals surface area contributed by atoms with Crippen LogP contribution < -0.4 is 9.47 Å². The third-order valence-corrected chi connectivity index (χ3v) is 2.33. The minimum absolute atomic E-state index is 0.880. The lowest BCUT2D eigenvalue weighted by atomic mass is 10.2. The highest BCUT2D eigenvalue weighted by Gasteiger charge is 1.87. The Bertz CT molecular complexity index is 523. The van der Waals surface area contributed by atoms with Gasteiger partial charge in [-0.25, -0.2) is 0 Å². The molecule has 0 aliphatic rings. The van der Waals surface area contributed by atoms with Gasteiger partial charge in [-0.2, -0.15) is 0 Å². The van der Waals surface area contributed by atoms with Gasteiger partial charge >= 0.3 is 0 Å². The summed E-state index contributed by atoms with van der Waals surface area (Å²) < 4.78 is 9.89. The molecule has 0 saturated heterocycles. The topological polar surface area (TPSA) is 18.5 Å². The summed E-state index contributed by atoms with van der Waals surface area (Å²) in [5.41, 5.74) is 2.28. The molecule has 2 nitrogen and oxygen atoms in total. The SMILES string of the molecule is C=C(C)C.C=Cc1ccc(OC)cc1.COc1ccccc1. The van der Waals surface area contributed by atoms with Crippen LogP contribution in [0.4, 0.5) is 0 Å². The normalized spacial score (nSPS) is 8.36. The van der Waals surface area contributed by atoms with Gasteiger partial charge in [0.25, 0.3) is 0 Å². The van der Waals surface area contributed by atoms with Gasteiger partial charge < -0.3 is 9.47 Å². The van der Waals surface area contributed by atoms with E-state index in [1.54, 1.807) is 20.3 Å².